The molecule has 90 valence electrons. The van der Waals surface area contributed by atoms with Crippen molar-refractivity contribution in [3.05, 3.63) is 27.7 Å². The molecule has 1 aromatic rings. The molecule has 0 aromatic heterocycles. The average Bonchev–Trinajstić information content (AvgIpc) is 2.11. The molecule has 0 atom stereocenters. The van der Waals surface area contributed by atoms with Crippen molar-refractivity contribution < 1.29 is 15.0 Å². The summed E-state index contributed by atoms with van der Waals surface area (Å²) >= 11 is 3.12. The van der Waals surface area contributed by atoms with Crippen LogP contribution in [0.4, 0.5) is 0 Å². The largest absolute Gasteiger partial charge is 0.506 e. The summed E-state index contributed by atoms with van der Waals surface area (Å²) in [6, 6.07) is 2.86. The zero-order chi connectivity index (χ0) is 11.6. The molecule has 4 nitrogen and oxygen atoms in total. The molecule has 0 spiro atoms. The Labute approximate surface area is 108 Å². The van der Waals surface area contributed by atoms with E-state index in [0.717, 1.165) is 0 Å². The third kappa shape index (κ3) is 3.66. The van der Waals surface area contributed by atoms with Gasteiger partial charge in [0.05, 0.1) is 10.0 Å². The van der Waals surface area contributed by atoms with Gasteiger partial charge in [-0.3, -0.25) is 0 Å². The van der Waals surface area contributed by atoms with Crippen LogP contribution in [0.25, 0.3) is 0 Å². The maximum absolute atomic E-state index is 10.8. The van der Waals surface area contributed by atoms with Gasteiger partial charge in [0.25, 0.3) is 0 Å². The van der Waals surface area contributed by atoms with Gasteiger partial charge in [-0.1, -0.05) is 0 Å². The van der Waals surface area contributed by atoms with Crippen LogP contribution in [-0.4, -0.2) is 35.2 Å². The first kappa shape index (κ1) is 15.2. The average molecular weight is 311 g/mol. The molecule has 0 bridgehead atoms. The van der Waals surface area contributed by atoms with Crippen molar-refractivity contribution in [2.45, 2.75) is 6.54 Å². The number of aromatic carboxylic acids is 1. The van der Waals surface area contributed by atoms with Crippen LogP contribution in [0.1, 0.15) is 15.9 Å². The van der Waals surface area contributed by atoms with E-state index >= 15 is 0 Å². The van der Waals surface area contributed by atoms with E-state index in [1.54, 1.807) is 0 Å². The van der Waals surface area contributed by atoms with Crippen molar-refractivity contribution in [2.24, 2.45) is 0 Å². The van der Waals surface area contributed by atoms with E-state index < -0.39 is 5.97 Å². The summed E-state index contributed by atoms with van der Waals surface area (Å²) in [5.74, 6) is -0.913. The zero-order valence-corrected chi connectivity index (χ0v) is 11.3. The van der Waals surface area contributed by atoms with E-state index in [-0.39, 0.29) is 23.7 Å². The summed E-state index contributed by atoms with van der Waals surface area (Å²) in [5.41, 5.74) is 0.753. The summed E-state index contributed by atoms with van der Waals surface area (Å²) < 4.78 is 0.402. The number of halogens is 2. The number of nitrogens with zero attached hydrogens (tertiary/aromatic N) is 1. The van der Waals surface area contributed by atoms with Gasteiger partial charge < -0.3 is 15.1 Å². The lowest BCUT2D eigenvalue weighted by molar-refractivity contribution is 0.0696. The van der Waals surface area contributed by atoms with Crippen LogP contribution in [0.2, 0.25) is 0 Å². The molecule has 0 unspecified atom stereocenters. The number of carboxylic acid groups (broad SMARTS) is 1. The number of carboxylic acids is 1. The standard InChI is InChI=1S/C10H12BrNO3.ClH/c1-12(2)5-7-3-6(10(14)15)4-8(11)9(7)13;/h3-4,13H,5H2,1-2H3,(H,14,15);1H. The summed E-state index contributed by atoms with van der Waals surface area (Å²) in [4.78, 5) is 12.6. The molecule has 0 aliphatic rings. The number of hydrogen-bond donors (Lipinski definition) is 2. The van der Waals surface area contributed by atoms with Gasteiger partial charge in [0, 0.05) is 12.1 Å². The second-order valence-electron chi connectivity index (χ2n) is 3.51. The van der Waals surface area contributed by atoms with Gasteiger partial charge in [0.2, 0.25) is 0 Å². The lowest BCUT2D eigenvalue weighted by atomic mass is 10.1. The third-order valence-corrected chi connectivity index (χ3v) is 2.48. The first-order chi connectivity index (χ1) is 6.91. The van der Waals surface area contributed by atoms with E-state index in [1.165, 1.54) is 12.1 Å². The molecule has 16 heavy (non-hydrogen) atoms. The Morgan fingerprint density at radius 3 is 2.44 bits per heavy atom. The van der Waals surface area contributed by atoms with Crippen molar-refractivity contribution in [3.8, 4) is 5.75 Å². The maximum atomic E-state index is 10.8. The SMILES string of the molecule is CN(C)Cc1cc(C(=O)O)cc(Br)c1O.Cl. The van der Waals surface area contributed by atoms with Gasteiger partial charge in [0.1, 0.15) is 5.75 Å². The van der Waals surface area contributed by atoms with Crippen LogP contribution in [-0.2, 0) is 6.54 Å². The Morgan fingerprint density at radius 1 is 1.44 bits per heavy atom. The predicted molar refractivity (Wildman–Crippen MR) is 67.4 cm³/mol. The molecular weight excluding hydrogens is 297 g/mol. The van der Waals surface area contributed by atoms with Crippen LogP contribution >= 0.6 is 28.3 Å². The van der Waals surface area contributed by atoms with Crippen LogP contribution in [0.15, 0.2) is 16.6 Å². The lowest BCUT2D eigenvalue weighted by Gasteiger charge is -2.12. The first-order valence-electron chi connectivity index (χ1n) is 4.31. The first-order valence-corrected chi connectivity index (χ1v) is 5.10. The predicted octanol–water partition coefficient (Wildman–Crippen LogP) is 2.34. The van der Waals surface area contributed by atoms with E-state index in [2.05, 4.69) is 15.9 Å². The fourth-order valence-corrected chi connectivity index (χ4v) is 1.74. The highest BCUT2D eigenvalue weighted by Crippen LogP contribution is 2.30. The summed E-state index contributed by atoms with van der Waals surface area (Å²) in [7, 11) is 3.70. The molecule has 6 heteroatoms. The van der Waals surface area contributed by atoms with Crippen molar-refractivity contribution >= 4 is 34.3 Å². The summed E-state index contributed by atoms with van der Waals surface area (Å²) in [6.07, 6.45) is 0. The Balaban J connectivity index is 0.00000225. The number of hydrogen-bond acceptors (Lipinski definition) is 3. The molecule has 0 aliphatic carbocycles. The fraction of sp³-hybridized carbons (Fsp3) is 0.300. The highest BCUT2D eigenvalue weighted by atomic mass is 79.9. The number of rotatable bonds is 3. The normalized spacial score (nSPS) is 10.0. The van der Waals surface area contributed by atoms with Crippen molar-refractivity contribution in [2.75, 3.05) is 14.1 Å². The maximum Gasteiger partial charge on any atom is 0.335 e. The second-order valence-corrected chi connectivity index (χ2v) is 4.36. The fourth-order valence-electron chi connectivity index (χ4n) is 1.24. The van der Waals surface area contributed by atoms with Gasteiger partial charge >= 0.3 is 5.97 Å². The Morgan fingerprint density at radius 2 is 2.00 bits per heavy atom. The molecular formula is C10H13BrClNO3. The van der Waals surface area contributed by atoms with Gasteiger partial charge in [0.15, 0.2) is 0 Å². The summed E-state index contributed by atoms with van der Waals surface area (Å²) in [5, 5.41) is 18.5. The van der Waals surface area contributed by atoms with E-state index in [9.17, 15) is 9.90 Å². The third-order valence-electron chi connectivity index (χ3n) is 1.88. The molecule has 0 saturated carbocycles. The molecule has 0 radical (unpaired) electrons. The Hall–Kier alpha value is -0.780. The van der Waals surface area contributed by atoms with Gasteiger partial charge in [-0.25, -0.2) is 4.79 Å². The van der Waals surface area contributed by atoms with E-state index in [0.29, 0.717) is 16.6 Å². The van der Waals surface area contributed by atoms with Crippen LogP contribution in [0, 0.1) is 0 Å². The highest BCUT2D eigenvalue weighted by molar-refractivity contribution is 9.10. The molecule has 1 rings (SSSR count). The van der Waals surface area contributed by atoms with Crippen LogP contribution in [0.5, 0.6) is 5.75 Å². The van der Waals surface area contributed by atoms with Crippen molar-refractivity contribution in [1.29, 1.82) is 0 Å². The molecule has 2 N–H and O–H groups in total. The van der Waals surface area contributed by atoms with Crippen LogP contribution in [0.3, 0.4) is 0 Å². The molecule has 1 aromatic carbocycles. The summed E-state index contributed by atoms with van der Waals surface area (Å²) in [6.45, 7) is 0.492. The number of phenols is 1. The number of benzene rings is 1. The monoisotopic (exact) mass is 309 g/mol. The van der Waals surface area contributed by atoms with Crippen molar-refractivity contribution in [3.63, 3.8) is 0 Å². The highest BCUT2D eigenvalue weighted by Gasteiger charge is 2.12. The van der Waals surface area contributed by atoms with Gasteiger partial charge in [-0.2, -0.15) is 0 Å². The Kier molecular flexibility index (Phi) is 5.78. The number of aromatic hydroxyl groups is 1. The topological polar surface area (TPSA) is 60.8 Å². The second kappa shape index (κ2) is 6.08. The minimum atomic E-state index is -1.00. The minimum Gasteiger partial charge on any atom is -0.506 e. The molecule has 0 aliphatic heterocycles. The zero-order valence-electron chi connectivity index (χ0n) is 8.90. The van der Waals surface area contributed by atoms with Gasteiger partial charge in [-0.15, -0.1) is 12.4 Å². The lowest BCUT2D eigenvalue weighted by Crippen LogP contribution is -2.11. The minimum absolute atomic E-state index is 0. The van der Waals surface area contributed by atoms with E-state index in [4.69, 9.17) is 5.11 Å². The van der Waals surface area contributed by atoms with E-state index in [1.807, 2.05) is 19.0 Å². The van der Waals surface area contributed by atoms with Gasteiger partial charge in [-0.05, 0) is 42.2 Å². The van der Waals surface area contributed by atoms with Crippen molar-refractivity contribution in [1.82, 2.24) is 4.90 Å². The number of carbonyl (C=O) groups is 1. The number of phenolic OH excluding ortho intramolecular Hbond substituents is 1. The molecule has 0 heterocycles. The molecule has 0 amide bonds. The molecule has 0 saturated heterocycles. The quantitative estimate of drug-likeness (QED) is 0.899. The Bertz CT molecular complexity index is 396. The van der Waals surface area contributed by atoms with Crippen LogP contribution < -0.4 is 0 Å². The smallest absolute Gasteiger partial charge is 0.335 e. The molecule has 0 fully saturated rings.